The van der Waals surface area contributed by atoms with Gasteiger partial charge in [0.25, 0.3) is 0 Å². The molecule has 0 saturated carbocycles. The van der Waals surface area contributed by atoms with Crippen LogP contribution in [0.3, 0.4) is 0 Å². The number of nitrogens with one attached hydrogen (secondary N) is 1. The largest absolute Gasteiger partial charge is 0.480 e. The van der Waals surface area contributed by atoms with Crippen molar-refractivity contribution in [3.63, 3.8) is 0 Å². The van der Waals surface area contributed by atoms with Crippen LogP contribution in [0.2, 0.25) is 0 Å². The molecule has 11 heavy (non-hydrogen) atoms. The molecule has 0 aliphatic carbocycles. The molecule has 0 radical (unpaired) electrons. The van der Waals surface area contributed by atoms with Gasteiger partial charge in [0, 0.05) is 13.1 Å². The maximum atomic E-state index is 10.8. The third kappa shape index (κ3) is 1.53. The van der Waals surface area contributed by atoms with Crippen LogP contribution >= 0.6 is 9.39 Å². The first-order chi connectivity index (χ1) is 5.10. The number of carboxylic acid groups (broad SMARTS) is 1. The van der Waals surface area contributed by atoms with Gasteiger partial charge in [-0.05, 0) is 13.5 Å². The fourth-order valence-electron chi connectivity index (χ4n) is 1.35. The minimum absolute atomic E-state index is 0.575. The fraction of sp³-hybridized carbons (Fsp3) is 0.833. The summed E-state index contributed by atoms with van der Waals surface area (Å²) in [6.45, 7) is 1.42. The number of rotatable bonds is 2. The van der Waals surface area contributed by atoms with Crippen LogP contribution in [0.5, 0.6) is 0 Å². The monoisotopic (exact) mass is 176 g/mol. The molecule has 0 bridgehead atoms. The molecular formula is C6H13N2O2P. The van der Waals surface area contributed by atoms with Crippen LogP contribution in [0.25, 0.3) is 0 Å². The number of hydrogen-bond acceptors (Lipinski definition) is 3. The van der Waals surface area contributed by atoms with Gasteiger partial charge >= 0.3 is 5.97 Å². The summed E-state index contributed by atoms with van der Waals surface area (Å²) < 4.78 is 0. The molecule has 1 fully saturated rings. The van der Waals surface area contributed by atoms with Crippen molar-refractivity contribution in [2.75, 3.05) is 20.1 Å². The highest BCUT2D eigenvalue weighted by molar-refractivity contribution is 7.13. The van der Waals surface area contributed by atoms with E-state index in [1.54, 1.807) is 0 Å². The van der Waals surface area contributed by atoms with E-state index < -0.39 is 11.5 Å². The number of likely N-dealkylation sites (N-methyl/N-ethyl adjacent to an activating group) is 1. The molecule has 2 unspecified atom stereocenters. The molecule has 1 rings (SSSR count). The lowest BCUT2D eigenvalue weighted by Crippen LogP contribution is -2.49. The molecule has 0 aromatic rings. The average molecular weight is 176 g/mol. The number of likely N-dealkylation sites (tertiary alicyclic amines) is 1. The van der Waals surface area contributed by atoms with E-state index in [1.807, 2.05) is 11.9 Å². The Hall–Kier alpha value is -0.180. The lowest BCUT2D eigenvalue weighted by Gasteiger charge is -2.22. The summed E-state index contributed by atoms with van der Waals surface area (Å²) >= 11 is 0. The summed E-state index contributed by atoms with van der Waals surface area (Å²) in [5.74, 6) is -0.767. The van der Waals surface area contributed by atoms with Crippen molar-refractivity contribution >= 4 is 15.4 Å². The summed E-state index contributed by atoms with van der Waals surface area (Å²) in [5.41, 5.74) is -0.737. The van der Waals surface area contributed by atoms with Crippen LogP contribution < -0.4 is 5.09 Å². The second kappa shape index (κ2) is 3.05. The highest BCUT2D eigenvalue weighted by Gasteiger charge is 2.42. The molecule has 2 atom stereocenters. The fourth-order valence-corrected chi connectivity index (χ4v) is 1.71. The van der Waals surface area contributed by atoms with Crippen LogP contribution in [0.1, 0.15) is 6.42 Å². The lowest BCUT2D eigenvalue weighted by molar-refractivity contribution is -0.143. The van der Waals surface area contributed by atoms with Crippen molar-refractivity contribution in [1.82, 2.24) is 9.99 Å². The molecule has 0 amide bonds. The Morgan fingerprint density at radius 1 is 1.82 bits per heavy atom. The van der Waals surface area contributed by atoms with E-state index in [-0.39, 0.29) is 0 Å². The zero-order valence-electron chi connectivity index (χ0n) is 6.50. The van der Waals surface area contributed by atoms with Gasteiger partial charge in [0.2, 0.25) is 0 Å². The average Bonchev–Trinajstić information content (AvgIpc) is 2.33. The van der Waals surface area contributed by atoms with E-state index in [1.165, 1.54) is 0 Å². The SMILES string of the molecule is CN1CCC(NP)(C(=O)O)C1. The molecule has 5 heteroatoms. The quantitative estimate of drug-likeness (QED) is 0.558. The van der Waals surface area contributed by atoms with Gasteiger partial charge < -0.3 is 10.0 Å². The first kappa shape index (κ1) is 8.91. The third-order valence-electron chi connectivity index (χ3n) is 2.15. The Kier molecular flexibility index (Phi) is 2.47. The predicted octanol–water partition coefficient (Wildman–Crippen LogP) is -0.475. The van der Waals surface area contributed by atoms with Crippen molar-refractivity contribution in [1.29, 1.82) is 0 Å². The summed E-state index contributed by atoms with van der Waals surface area (Å²) in [7, 11) is 4.20. The molecule has 0 aromatic carbocycles. The van der Waals surface area contributed by atoms with Crippen LogP contribution in [0.4, 0.5) is 0 Å². The second-order valence-electron chi connectivity index (χ2n) is 3.02. The van der Waals surface area contributed by atoms with E-state index in [2.05, 4.69) is 14.5 Å². The number of carboxylic acids is 1. The molecule has 1 aliphatic heterocycles. The number of hydrogen-bond donors (Lipinski definition) is 2. The molecule has 1 heterocycles. The Morgan fingerprint density at radius 3 is 2.64 bits per heavy atom. The normalized spacial score (nSPS) is 32.5. The molecule has 0 aromatic heterocycles. The van der Waals surface area contributed by atoms with Gasteiger partial charge in [0.05, 0.1) is 0 Å². The molecule has 1 aliphatic rings. The van der Waals surface area contributed by atoms with Gasteiger partial charge in [-0.15, -0.1) is 0 Å². The molecule has 2 N–H and O–H groups in total. The minimum atomic E-state index is -0.767. The Morgan fingerprint density at radius 2 is 2.45 bits per heavy atom. The van der Waals surface area contributed by atoms with Crippen molar-refractivity contribution in [3.8, 4) is 0 Å². The van der Waals surface area contributed by atoms with Crippen LogP contribution in [-0.4, -0.2) is 41.7 Å². The number of nitrogens with zero attached hydrogens (tertiary/aromatic N) is 1. The Balaban J connectivity index is 2.70. The zero-order valence-corrected chi connectivity index (χ0v) is 7.66. The Labute approximate surface area is 68.2 Å². The summed E-state index contributed by atoms with van der Waals surface area (Å²) in [4.78, 5) is 12.8. The first-order valence-electron chi connectivity index (χ1n) is 3.50. The third-order valence-corrected chi connectivity index (χ3v) is 2.70. The van der Waals surface area contributed by atoms with Gasteiger partial charge in [0.1, 0.15) is 5.54 Å². The van der Waals surface area contributed by atoms with Crippen molar-refractivity contribution in [2.24, 2.45) is 0 Å². The van der Waals surface area contributed by atoms with Gasteiger partial charge in [-0.3, -0.25) is 9.88 Å². The van der Waals surface area contributed by atoms with Crippen molar-refractivity contribution in [2.45, 2.75) is 12.0 Å². The van der Waals surface area contributed by atoms with Crippen molar-refractivity contribution in [3.05, 3.63) is 0 Å². The van der Waals surface area contributed by atoms with Gasteiger partial charge in [-0.1, -0.05) is 9.39 Å². The topological polar surface area (TPSA) is 52.6 Å². The van der Waals surface area contributed by atoms with E-state index in [0.717, 1.165) is 6.54 Å². The van der Waals surface area contributed by atoms with Crippen LogP contribution in [-0.2, 0) is 4.79 Å². The van der Waals surface area contributed by atoms with E-state index in [9.17, 15) is 4.79 Å². The van der Waals surface area contributed by atoms with Crippen molar-refractivity contribution < 1.29 is 9.90 Å². The smallest absolute Gasteiger partial charge is 0.325 e. The number of aliphatic carboxylic acids is 1. The molecule has 64 valence electrons. The van der Waals surface area contributed by atoms with E-state index in [0.29, 0.717) is 13.0 Å². The van der Waals surface area contributed by atoms with Crippen LogP contribution in [0.15, 0.2) is 0 Å². The lowest BCUT2D eigenvalue weighted by atomic mass is 10.0. The summed E-state index contributed by atoms with van der Waals surface area (Å²) in [6, 6.07) is 0. The summed E-state index contributed by atoms with van der Waals surface area (Å²) in [5, 5.41) is 11.7. The molecule has 0 spiro atoms. The van der Waals surface area contributed by atoms with Gasteiger partial charge in [-0.2, -0.15) is 0 Å². The second-order valence-corrected chi connectivity index (χ2v) is 3.31. The van der Waals surface area contributed by atoms with Gasteiger partial charge in [-0.25, -0.2) is 0 Å². The van der Waals surface area contributed by atoms with Crippen LogP contribution in [0, 0.1) is 0 Å². The van der Waals surface area contributed by atoms with E-state index in [4.69, 9.17) is 5.11 Å². The predicted molar refractivity (Wildman–Crippen MR) is 45.3 cm³/mol. The summed E-state index contributed by atoms with van der Waals surface area (Å²) in [6.07, 6.45) is 0.669. The minimum Gasteiger partial charge on any atom is -0.480 e. The molecule has 1 saturated heterocycles. The molecular weight excluding hydrogens is 163 g/mol. The highest BCUT2D eigenvalue weighted by Crippen LogP contribution is 2.21. The molecule has 4 nitrogen and oxygen atoms in total. The highest BCUT2D eigenvalue weighted by atomic mass is 31.0. The number of carbonyl (C=O) groups is 1. The Bertz CT molecular complexity index is 176. The zero-order chi connectivity index (χ0) is 8.48. The van der Waals surface area contributed by atoms with E-state index >= 15 is 0 Å². The standard InChI is InChI=1S/C6H13N2O2P/c1-8-3-2-6(4-8,7-11)5(9)10/h7H,2-4,11H2,1H3,(H,9,10). The maximum Gasteiger partial charge on any atom is 0.325 e. The maximum absolute atomic E-state index is 10.8. The van der Waals surface area contributed by atoms with Gasteiger partial charge in [0.15, 0.2) is 0 Å². The first-order valence-corrected chi connectivity index (χ1v) is 4.08.